The molecule has 0 radical (unpaired) electrons. The maximum Gasteiger partial charge on any atom is 0.133 e. The summed E-state index contributed by atoms with van der Waals surface area (Å²) in [6.45, 7) is 3.51. The molecule has 2 atom stereocenters. The molecule has 1 aliphatic rings. The Kier molecular flexibility index (Phi) is 3.84. The van der Waals surface area contributed by atoms with Gasteiger partial charge in [0.1, 0.15) is 11.9 Å². The van der Waals surface area contributed by atoms with Crippen molar-refractivity contribution in [1.29, 1.82) is 0 Å². The largest absolute Gasteiger partial charge is 0.496 e. The molecular formula is C12H15BrO3. The van der Waals surface area contributed by atoms with Gasteiger partial charge in [-0.1, -0.05) is 12.1 Å². The molecule has 1 aromatic rings. The fourth-order valence-electron chi connectivity index (χ4n) is 1.51. The Hall–Kier alpha value is -0.580. The second-order valence-corrected chi connectivity index (χ2v) is 4.59. The molecule has 2 rings (SSSR count). The summed E-state index contributed by atoms with van der Waals surface area (Å²) >= 11 is 3.53. The molecule has 1 saturated heterocycles. The lowest BCUT2D eigenvalue weighted by Gasteiger charge is -2.16. The maximum atomic E-state index is 5.72. The van der Waals surface area contributed by atoms with Crippen LogP contribution in [0.5, 0.6) is 5.75 Å². The first-order valence-corrected chi connectivity index (χ1v) is 6.07. The highest BCUT2D eigenvalue weighted by molar-refractivity contribution is 9.10. The number of rotatable bonds is 5. The lowest BCUT2D eigenvalue weighted by Crippen LogP contribution is -2.07. The molecule has 16 heavy (non-hydrogen) atoms. The van der Waals surface area contributed by atoms with Crippen LogP contribution in [0.25, 0.3) is 0 Å². The van der Waals surface area contributed by atoms with E-state index in [2.05, 4.69) is 15.9 Å². The first kappa shape index (κ1) is 11.9. The molecule has 0 spiro atoms. The van der Waals surface area contributed by atoms with Gasteiger partial charge >= 0.3 is 0 Å². The summed E-state index contributed by atoms with van der Waals surface area (Å²) < 4.78 is 17.0. The lowest BCUT2D eigenvalue weighted by molar-refractivity contribution is 0.0534. The molecule has 0 aliphatic carbocycles. The fourth-order valence-corrected chi connectivity index (χ4v) is 2.25. The van der Waals surface area contributed by atoms with E-state index in [0.717, 1.165) is 22.4 Å². The summed E-state index contributed by atoms with van der Waals surface area (Å²) in [6.07, 6.45) is 0.334. The molecule has 1 heterocycles. The summed E-state index contributed by atoms with van der Waals surface area (Å²) in [5, 5.41) is 0. The van der Waals surface area contributed by atoms with Gasteiger partial charge in [0.2, 0.25) is 0 Å². The molecule has 0 amide bonds. The Morgan fingerprint density at radius 3 is 2.94 bits per heavy atom. The maximum absolute atomic E-state index is 5.72. The van der Waals surface area contributed by atoms with Crippen LogP contribution < -0.4 is 4.74 Å². The normalized spacial score (nSPS) is 20.6. The highest BCUT2D eigenvalue weighted by Gasteiger charge is 2.24. The third kappa shape index (κ3) is 2.75. The molecule has 88 valence electrons. The van der Waals surface area contributed by atoms with Crippen molar-refractivity contribution in [3.8, 4) is 5.75 Å². The van der Waals surface area contributed by atoms with Crippen molar-refractivity contribution in [3.63, 3.8) is 0 Å². The Morgan fingerprint density at radius 1 is 1.56 bits per heavy atom. The van der Waals surface area contributed by atoms with Crippen LogP contribution in [-0.2, 0) is 9.47 Å². The third-order valence-electron chi connectivity index (χ3n) is 2.59. The standard InChI is InChI=1S/C12H15BrO3/c1-8(15-6-9-7-16-9)10-4-3-5-11(14-2)12(10)13/h3-5,8-9H,6-7H2,1-2H3/t8-,9?/m1/s1. The van der Waals surface area contributed by atoms with E-state index in [-0.39, 0.29) is 6.10 Å². The fraction of sp³-hybridized carbons (Fsp3) is 0.500. The highest BCUT2D eigenvalue weighted by atomic mass is 79.9. The summed E-state index contributed by atoms with van der Waals surface area (Å²) in [5.41, 5.74) is 1.10. The number of methoxy groups -OCH3 is 1. The monoisotopic (exact) mass is 286 g/mol. The SMILES string of the molecule is COc1cccc([C@@H](C)OCC2CO2)c1Br. The van der Waals surface area contributed by atoms with E-state index in [9.17, 15) is 0 Å². The molecule has 3 nitrogen and oxygen atoms in total. The number of benzene rings is 1. The van der Waals surface area contributed by atoms with Gasteiger partial charge in [-0.3, -0.25) is 0 Å². The zero-order chi connectivity index (χ0) is 11.5. The van der Waals surface area contributed by atoms with Gasteiger partial charge in [-0.25, -0.2) is 0 Å². The van der Waals surface area contributed by atoms with Crippen LogP contribution in [0, 0.1) is 0 Å². The zero-order valence-corrected chi connectivity index (χ0v) is 11.0. The minimum atomic E-state index is 0.0358. The smallest absolute Gasteiger partial charge is 0.133 e. The number of epoxide rings is 1. The van der Waals surface area contributed by atoms with E-state index >= 15 is 0 Å². The summed E-state index contributed by atoms with van der Waals surface area (Å²) in [4.78, 5) is 0. The Morgan fingerprint density at radius 2 is 2.31 bits per heavy atom. The molecule has 1 aromatic carbocycles. The molecule has 0 aromatic heterocycles. The number of ether oxygens (including phenoxy) is 3. The van der Waals surface area contributed by atoms with Crippen LogP contribution in [0.3, 0.4) is 0 Å². The van der Waals surface area contributed by atoms with Crippen LogP contribution in [0.4, 0.5) is 0 Å². The Labute approximate surface area is 104 Å². The van der Waals surface area contributed by atoms with Gasteiger partial charge in [0.25, 0.3) is 0 Å². The van der Waals surface area contributed by atoms with Gasteiger partial charge in [0.15, 0.2) is 0 Å². The van der Waals surface area contributed by atoms with Crippen molar-refractivity contribution in [1.82, 2.24) is 0 Å². The molecule has 0 N–H and O–H groups in total. The Bertz CT molecular complexity index is 363. The average molecular weight is 287 g/mol. The predicted octanol–water partition coefficient (Wildman–Crippen LogP) is 2.93. The third-order valence-corrected chi connectivity index (χ3v) is 3.43. The Balaban J connectivity index is 2.05. The van der Waals surface area contributed by atoms with E-state index in [1.54, 1.807) is 7.11 Å². The minimum Gasteiger partial charge on any atom is -0.496 e. The van der Waals surface area contributed by atoms with Crippen LogP contribution in [0.15, 0.2) is 22.7 Å². The van der Waals surface area contributed by atoms with Crippen molar-refractivity contribution in [2.75, 3.05) is 20.3 Å². The first-order chi connectivity index (χ1) is 7.72. The first-order valence-electron chi connectivity index (χ1n) is 5.28. The lowest BCUT2D eigenvalue weighted by atomic mass is 10.1. The molecular weight excluding hydrogens is 272 g/mol. The van der Waals surface area contributed by atoms with Crippen LogP contribution in [-0.4, -0.2) is 26.4 Å². The van der Waals surface area contributed by atoms with Crippen molar-refractivity contribution < 1.29 is 14.2 Å². The highest BCUT2D eigenvalue weighted by Crippen LogP contribution is 2.33. The van der Waals surface area contributed by atoms with Gasteiger partial charge in [-0.05, 0) is 34.5 Å². The van der Waals surface area contributed by atoms with Gasteiger partial charge < -0.3 is 14.2 Å². The van der Waals surface area contributed by atoms with Gasteiger partial charge in [0.05, 0.1) is 30.9 Å². The zero-order valence-electron chi connectivity index (χ0n) is 9.40. The van der Waals surface area contributed by atoms with Gasteiger partial charge in [0, 0.05) is 0 Å². The van der Waals surface area contributed by atoms with Crippen LogP contribution in [0.1, 0.15) is 18.6 Å². The molecule has 0 saturated carbocycles. The van der Waals surface area contributed by atoms with Crippen molar-refractivity contribution in [2.24, 2.45) is 0 Å². The van der Waals surface area contributed by atoms with E-state index < -0.39 is 0 Å². The number of halogens is 1. The van der Waals surface area contributed by atoms with E-state index in [1.807, 2.05) is 25.1 Å². The molecule has 1 aliphatic heterocycles. The molecule has 1 fully saturated rings. The van der Waals surface area contributed by atoms with Crippen molar-refractivity contribution in [2.45, 2.75) is 19.1 Å². The van der Waals surface area contributed by atoms with E-state index in [0.29, 0.717) is 12.7 Å². The van der Waals surface area contributed by atoms with Crippen molar-refractivity contribution in [3.05, 3.63) is 28.2 Å². The van der Waals surface area contributed by atoms with Crippen LogP contribution in [0.2, 0.25) is 0 Å². The second-order valence-electron chi connectivity index (χ2n) is 3.79. The number of hydrogen-bond donors (Lipinski definition) is 0. The molecule has 4 heteroatoms. The summed E-state index contributed by atoms with van der Waals surface area (Å²) in [7, 11) is 1.66. The minimum absolute atomic E-state index is 0.0358. The van der Waals surface area contributed by atoms with Gasteiger partial charge in [-0.15, -0.1) is 0 Å². The summed E-state index contributed by atoms with van der Waals surface area (Å²) in [5.74, 6) is 0.829. The quantitative estimate of drug-likeness (QED) is 0.780. The molecule has 1 unspecified atom stereocenters. The van der Waals surface area contributed by atoms with Crippen molar-refractivity contribution >= 4 is 15.9 Å². The van der Waals surface area contributed by atoms with Gasteiger partial charge in [-0.2, -0.15) is 0 Å². The number of hydrogen-bond acceptors (Lipinski definition) is 3. The molecule has 0 bridgehead atoms. The predicted molar refractivity (Wildman–Crippen MR) is 64.8 cm³/mol. The summed E-state index contributed by atoms with van der Waals surface area (Å²) in [6, 6.07) is 5.92. The second kappa shape index (κ2) is 5.17. The topological polar surface area (TPSA) is 31.0 Å². The van der Waals surface area contributed by atoms with E-state index in [1.165, 1.54) is 0 Å². The average Bonchev–Trinajstić information content (AvgIpc) is 3.10. The van der Waals surface area contributed by atoms with Crippen LogP contribution >= 0.6 is 15.9 Å². The van der Waals surface area contributed by atoms with E-state index in [4.69, 9.17) is 14.2 Å².